The van der Waals surface area contributed by atoms with E-state index in [0.29, 0.717) is 28.2 Å². The van der Waals surface area contributed by atoms with Gasteiger partial charge in [0.25, 0.3) is 0 Å². The second-order valence-electron chi connectivity index (χ2n) is 7.88. The Balaban J connectivity index is 1.71. The van der Waals surface area contributed by atoms with Gasteiger partial charge in [0.05, 0.1) is 5.56 Å². The van der Waals surface area contributed by atoms with E-state index in [2.05, 4.69) is 10.6 Å². The molecular formula is C24H28N2O5S. The molecule has 0 bridgehead atoms. The van der Waals surface area contributed by atoms with Gasteiger partial charge >= 0.3 is 5.97 Å². The molecule has 1 heterocycles. The standard InChI is InChI=1S/C24H28N2O5S/c1-4-7-20(28)26-17-12-10-16(11-13-17)22(29)14(2)31-24(30)21-18-8-5-6-9-19(18)32-23(21)25-15(3)27/h10-14H,4-9H2,1-3H3,(H,25,27)(H,26,28). The van der Waals surface area contributed by atoms with Crippen LogP contribution in [0.4, 0.5) is 10.7 Å². The van der Waals surface area contributed by atoms with Crippen LogP contribution in [0.25, 0.3) is 0 Å². The van der Waals surface area contributed by atoms with Crippen molar-refractivity contribution in [1.82, 2.24) is 0 Å². The average Bonchev–Trinajstić information content (AvgIpc) is 3.11. The third kappa shape index (κ3) is 5.62. The molecule has 0 radical (unpaired) electrons. The van der Waals surface area contributed by atoms with Gasteiger partial charge in [0.15, 0.2) is 6.10 Å². The lowest BCUT2D eigenvalue weighted by atomic mass is 9.95. The van der Waals surface area contributed by atoms with Crippen molar-refractivity contribution in [3.63, 3.8) is 0 Å². The highest BCUT2D eigenvalue weighted by atomic mass is 32.1. The maximum absolute atomic E-state index is 13.0. The zero-order chi connectivity index (χ0) is 23.3. The number of carbonyl (C=O) groups excluding carboxylic acids is 4. The molecule has 2 amide bonds. The summed E-state index contributed by atoms with van der Waals surface area (Å²) in [5.74, 6) is -1.27. The van der Waals surface area contributed by atoms with Crippen molar-refractivity contribution in [3.8, 4) is 0 Å². The predicted octanol–water partition coefficient (Wildman–Crippen LogP) is 4.75. The van der Waals surface area contributed by atoms with Crippen LogP contribution < -0.4 is 10.6 Å². The van der Waals surface area contributed by atoms with Crippen molar-refractivity contribution in [3.05, 3.63) is 45.8 Å². The van der Waals surface area contributed by atoms with Crippen LogP contribution in [0, 0.1) is 0 Å². The van der Waals surface area contributed by atoms with Crippen molar-refractivity contribution in [2.45, 2.75) is 65.4 Å². The minimum Gasteiger partial charge on any atom is -0.451 e. The Morgan fingerprint density at radius 3 is 2.41 bits per heavy atom. The van der Waals surface area contributed by atoms with Gasteiger partial charge in [-0.2, -0.15) is 0 Å². The number of hydrogen-bond acceptors (Lipinski definition) is 6. The number of benzene rings is 1. The number of amides is 2. The Bertz CT molecular complexity index is 1030. The number of anilines is 2. The molecule has 2 aromatic rings. The molecule has 8 heteroatoms. The maximum atomic E-state index is 13.0. The highest BCUT2D eigenvalue weighted by molar-refractivity contribution is 7.17. The molecule has 1 atom stereocenters. The maximum Gasteiger partial charge on any atom is 0.342 e. The number of thiophene rings is 1. The molecule has 1 unspecified atom stereocenters. The van der Waals surface area contributed by atoms with Gasteiger partial charge in [0, 0.05) is 29.5 Å². The number of fused-ring (bicyclic) bond motifs is 1. The van der Waals surface area contributed by atoms with E-state index in [4.69, 9.17) is 4.74 Å². The highest BCUT2D eigenvalue weighted by Gasteiger charge is 2.29. The quantitative estimate of drug-likeness (QED) is 0.441. The lowest BCUT2D eigenvalue weighted by molar-refractivity contribution is -0.116. The molecule has 2 N–H and O–H groups in total. The number of aryl methyl sites for hydroxylation is 1. The van der Waals surface area contributed by atoms with Crippen LogP contribution in [0.1, 0.15) is 77.6 Å². The third-order valence-corrected chi connectivity index (χ3v) is 6.46. The van der Waals surface area contributed by atoms with Gasteiger partial charge in [-0.3, -0.25) is 14.4 Å². The van der Waals surface area contributed by atoms with Crippen LogP contribution in [0.2, 0.25) is 0 Å². The first-order valence-electron chi connectivity index (χ1n) is 10.9. The van der Waals surface area contributed by atoms with Gasteiger partial charge in [-0.15, -0.1) is 11.3 Å². The third-order valence-electron chi connectivity index (χ3n) is 5.25. The highest BCUT2D eigenvalue weighted by Crippen LogP contribution is 2.38. The molecule has 1 aromatic heterocycles. The molecular weight excluding hydrogens is 428 g/mol. The molecule has 0 spiro atoms. The topological polar surface area (TPSA) is 102 Å². The smallest absolute Gasteiger partial charge is 0.342 e. The number of esters is 1. The van der Waals surface area contributed by atoms with Crippen molar-refractivity contribution in [1.29, 1.82) is 0 Å². The van der Waals surface area contributed by atoms with Gasteiger partial charge in [-0.25, -0.2) is 4.79 Å². The predicted molar refractivity (Wildman–Crippen MR) is 124 cm³/mol. The van der Waals surface area contributed by atoms with E-state index in [9.17, 15) is 19.2 Å². The molecule has 170 valence electrons. The van der Waals surface area contributed by atoms with E-state index in [1.165, 1.54) is 25.2 Å². The van der Waals surface area contributed by atoms with Crippen molar-refractivity contribution < 1.29 is 23.9 Å². The van der Waals surface area contributed by atoms with E-state index in [0.717, 1.165) is 42.5 Å². The number of ether oxygens (including phenoxy) is 1. The zero-order valence-electron chi connectivity index (χ0n) is 18.6. The number of nitrogens with one attached hydrogen (secondary N) is 2. The second-order valence-corrected chi connectivity index (χ2v) is 8.99. The summed E-state index contributed by atoms with van der Waals surface area (Å²) in [4.78, 5) is 50.2. The minimum atomic E-state index is -0.993. The normalized spacial score (nSPS) is 13.6. The van der Waals surface area contributed by atoms with E-state index >= 15 is 0 Å². The van der Waals surface area contributed by atoms with Crippen LogP contribution in [0.3, 0.4) is 0 Å². The summed E-state index contributed by atoms with van der Waals surface area (Å²) in [6.07, 6.45) is 3.83. The number of carbonyl (C=O) groups is 4. The van der Waals surface area contributed by atoms with E-state index < -0.39 is 12.1 Å². The lowest BCUT2D eigenvalue weighted by Gasteiger charge is -2.16. The molecule has 1 aromatic carbocycles. The SMILES string of the molecule is CCCC(=O)Nc1ccc(C(=O)C(C)OC(=O)c2c(NC(C)=O)sc3c2CCCC3)cc1. The van der Waals surface area contributed by atoms with Crippen LogP contribution >= 0.6 is 11.3 Å². The van der Waals surface area contributed by atoms with E-state index in [-0.39, 0.29) is 17.6 Å². The van der Waals surface area contributed by atoms with Gasteiger partial charge in [-0.1, -0.05) is 6.92 Å². The van der Waals surface area contributed by atoms with Crippen LogP contribution in [0.5, 0.6) is 0 Å². The Kier molecular flexibility index (Phi) is 7.80. The Hall–Kier alpha value is -3.00. The Morgan fingerprint density at radius 1 is 1.06 bits per heavy atom. The second kappa shape index (κ2) is 10.5. The number of ketones is 1. The zero-order valence-corrected chi connectivity index (χ0v) is 19.4. The fraction of sp³-hybridized carbons (Fsp3) is 0.417. The van der Waals surface area contributed by atoms with Gasteiger partial charge in [0.2, 0.25) is 17.6 Å². The molecule has 1 aliphatic carbocycles. The van der Waals surface area contributed by atoms with Crippen molar-refractivity contribution in [2.24, 2.45) is 0 Å². The number of Topliss-reactive ketones (excluding diaryl/α,β-unsaturated/α-hetero) is 1. The largest absolute Gasteiger partial charge is 0.451 e. The van der Waals surface area contributed by atoms with Crippen LogP contribution in [-0.2, 0) is 27.2 Å². The lowest BCUT2D eigenvalue weighted by Crippen LogP contribution is -2.25. The molecule has 1 aliphatic rings. The number of rotatable bonds is 8. The Morgan fingerprint density at radius 2 is 1.75 bits per heavy atom. The first kappa shape index (κ1) is 23.7. The van der Waals surface area contributed by atoms with Crippen LogP contribution in [0.15, 0.2) is 24.3 Å². The fourth-order valence-corrected chi connectivity index (χ4v) is 5.03. The van der Waals surface area contributed by atoms with Crippen molar-refractivity contribution >= 4 is 45.6 Å². The molecule has 0 saturated heterocycles. The fourth-order valence-electron chi connectivity index (χ4n) is 3.71. The molecule has 0 saturated carbocycles. The summed E-state index contributed by atoms with van der Waals surface area (Å²) in [6.45, 7) is 4.86. The van der Waals surface area contributed by atoms with Crippen LogP contribution in [-0.4, -0.2) is 29.7 Å². The molecule has 0 aliphatic heterocycles. The van der Waals surface area contributed by atoms with E-state index in [1.54, 1.807) is 24.3 Å². The summed E-state index contributed by atoms with van der Waals surface area (Å²) in [7, 11) is 0. The number of hydrogen-bond donors (Lipinski definition) is 2. The van der Waals surface area contributed by atoms with E-state index in [1.807, 2.05) is 6.92 Å². The molecule has 0 fully saturated rings. The molecule has 3 rings (SSSR count). The minimum absolute atomic E-state index is 0.0806. The first-order valence-corrected chi connectivity index (χ1v) is 11.7. The summed E-state index contributed by atoms with van der Waals surface area (Å²) in [6, 6.07) is 6.51. The van der Waals surface area contributed by atoms with Gasteiger partial charge in [-0.05, 0) is 68.9 Å². The molecule has 32 heavy (non-hydrogen) atoms. The van der Waals surface area contributed by atoms with Gasteiger partial charge in [0.1, 0.15) is 5.00 Å². The summed E-state index contributed by atoms with van der Waals surface area (Å²) in [5, 5.41) is 5.99. The van der Waals surface area contributed by atoms with Gasteiger partial charge < -0.3 is 15.4 Å². The summed E-state index contributed by atoms with van der Waals surface area (Å²) >= 11 is 1.41. The van der Waals surface area contributed by atoms with Crippen molar-refractivity contribution in [2.75, 3.05) is 10.6 Å². The monoisotopic (exact) mass is 456 g/mol. The summed E-state index contributed by atoms with van der Waals surface area (Å²) < 4.78 is 5.52. The first-order chi connectivity index (χ1) is 15.3. The Labute approximate surface area is 191 Å². The molecule has 7 nitrogen and oxygen atoms in total. The summed E-state index contributed by atoms with van der Waals surface area (Å²) in [5.41, 5.74) is 2.28. The average molecular weight is 457 g/mol.